The van der Waals surface area contributed by atoms with Crippen LogP contribution in [0.3, 0.4) is 0 Å². The summed E-state index contributed by atoms with van der Waals surface area (Å²) in [5.41, 5.74) is 0.952. The number of ether oxygens (including phenoxy) is 2. The quantitative estimate of drug-likeness (QED) is 0.804. The zero-order valence-electron chi connectivity index (χ0n) is 11.5. The van der Waals surface area contributed by atoms with Crippen LogP contribution in [0.1, 0.15) is 0 Å². The number of benzene rings is 1. The van der Waals surface area contributed by atoms with Crippen LogP contribution in [-0.4, -0.2) is 47.6 Å². The fourth-order valence-electron chi connectivity index (χ4n) is 2.29. The molecule has 0 bridgehead atoms. The van der Waals surface area contributed by atoms with Crippen molar-refractivity contribution in [2.75, 3.05) is 32.9 Å². The Hall–Kier alpha value is -1.44. The molecule has 1 aliphatic rings. The van der Waals surface area contributed by atoms with Crippen molar-refractivity contribution in [1.82, 2.24) is 9.47 Å². The number of fused-ring (bicyclic) bond motifs is 1. The van der Waals surface area contributed by atoms with Gasteiger partial charge in [0.2, 0.25) is 0 Å². The summed E-state index contributed by atoms with van der Waals surface area (Å²) in [6.45, 7) is 3.79. The molecule has 0 aliphatic carbocycles. The number of thiocarbonyl (C=S) groups is 1. The number of nitrogens with zero attached hydrogens (tertiary/aromatic N) is 2. The van der Waals surface area contributed by atoms with Gasteiger partial charge in [-0.15, -0.1) is 0 Å². The number of morpholine rings is 1. The van der Waals surface area contributed by atoms with Gasteiger partial charge in [-0.3, -0.25) is 9.36 Å². The van der Waals surface area contributed by atoms with Crippen molar-refractivity contribution in [2.24, 2.45) is 0 Å². The van der Waals surface area contributed by atoms with E-state index in [2.05, 4.69) is 0 Å². The van der Waals surface area contributed by atoms with E-state index in [1.807, 2.05) is 29.2 Å². The van der Waals surface area contributed by atoms with E-state index in [0.717, 1.165) is 23.3 Å². The van der Waals surface area contributed by atoms with Gasteiger partial charge >= 0.3 is 4.87 Å². The van der Waals surface area contributed by atoms with Gasteiger partial charge in [0, 0.05) is 13.1 Å². The molecule has 0 atom stereocenters. The lowest BCUT2D eigenvalue weighted by Crippen LogP contribution is -2.41. The van der Waals surface area contributed by atoms with Crippen LogP contribution in [0.15, 0.2) is 29.1 Å². The third-order valence-corrected chi connectivity index (χ3v) is 4.72. The highest BCUT2D eigenvalue weighted by molar-refractivity contribution is 7.80. The molecule has 1 aromatic heterocycles. The maximum absolute atomic E-state index is 12.0. The molecular formula is C14H16N2O3S2. The zero-order chi connectivity index (χ0) is 14.7. The average molecular weight is 324 g/mol. The number of para-hydroxylation sites is 1. The Bertz CT molecular complexity index is 689. The minimum atomic E-state index is 0.0390. The summed E-state index contributed by atoms with van der Waals surface area (Å²) in [7, 11) is 0. The highest BCUT2D eigenvalue weighted by atomic mass is 32.1. The van der Waals surface area contributed by atoms with Crippen molar-refractivity contribution in [3.63, 3.8) is 0 Å². The molecule has 0 spiro atoms. The van der Waals surface area contributed by atoms with Gasteiger partial charge in [-0.2, -0.15) is 0 Å². The van der Waals surface area contributed by atoms with Gasteiger partial charge in [-0.1, -0.05) is 23.5 Å². The van der Waals surface area contributed by atoms with Crippen molar-refractivity contribution in [3.8, 4) is 0 Å². The topological polar surface area (TPSA) is 43.7 Å². The van der Waals surface area contributed by atoms with E-state index < -0.39 is 0 Å². The standard InChI is InChI=1S/C14H16N2O3S2/c17-13-16(11-3-1-2-4-12(11)21-13)7-10-19-14(20)15-5-8-18-9-6-15/h1-4H,5-10H2. The molecule has 5 nitrogen and oxygen atoms in total. The lowest BCUT2D eigenvalue weighted by Gasteiger charge is -2.28. The van der Waals surface area contributed by atoms with Crippen molar-refractivity contribution in [2.45, 2.75) is 6.54 Å². The molecule has 1 fully saturated rings. The summed E-state index contributed by atoms with van der Waals surface area (Å²) in [4.78, 5) is 14.0. The highest BCUT2D eigenvalue weighted by Crippen LogP contribution is 2.16. The van der Waals surface area contributed by atoms with Gasteiger partial charge in [0.25, 0.3) is 5.17 Å². The Morgan fingerprint density at radius 1 is 1.33 bits per heavy atom. The minimum Gasteiger partial charge on any atom is -0.469 e. The Balaban J connectivity index is 1.60. The molecular weight excluding hydrogens is 308 g/mol. The maximum Gasteiger partial charge on any atom is 0.308 e. The number of hydrogen-bond donors (Lipinski definition) is 0. The molecule has 1 saturated heterocycles. The molecule has 2 heterocycles. The molecule has 112 valence electrons. The van der Waals surface area contributed by atoms with Crippen LogP contribution in [0.2, 0.25) is 0 Å². The minimum absolute atomic E-state index is 0.0390. The number of rotatable bonds is 3. The Labute approximate surface area is 131 Å². The molecule has 0 amide bonds. The second-order valence-electron chi connectivity index (χ2n) is 4.70. The summed E-state index contributed by atoms with van der Waals surface area (Å²) >= 11 is 6.52. The molecule has 0 N–H and O–H groups in total. The average Bonchev–Trinajstić information content (AvgIpc) is 2.84. The third-order valence-electron chi connectivity index (χ3n) is 3.38. The first-order chi connectivity index (χ1) is 10.3. The lowest BCUT2D eigenvalue weighted by molar-refractivity contribution is 0.0571. The summed E-state index contributed by atoms with van der Waals surface area (Å²) in [6.07, 6.45) is 0. The molecule has 0 unspecified atom stereocenters. The molecule has 0 radical (unpaired) electrons. The van der Waals surface area contributed by atoms with E-state index in [0.29, 0.717) is 31.5 Å². The first-order valence-electron chi connectivity index (χ1n) is 6.83. The molecule has 2 aromatic rings. The summed E-state index contributed by atoms with van der Waals surface area (Å²) in [6, 6.07) is 7.78. The van der Waals surface area contributed by atoms with Crippen LogP contribution in [0.25, 0.3) is 10.2 Å². The largest absolute Gasteiger partial charge is 0.469 e. The molecule has 21 heavy (non-hydrogen) atoms. The first-order valence-corrected chi connectivity index (χ1v) is 8.06. The van der Waals surface area contributed by atoms with Crippen molar-refractivity contribution in [3.05, 3.63) is 33.9 Å². The van der Waals surface area contributed by atoms with Crippen LogP contribution in [-0.2, 0) is 16.0 Å². The molecule has 1 aliphatic heterocycles. The van der Waals surface area contributed by atoms with E-state index in [4.69, 9.17) is 21.7 Å². The third kappa shape index (κ3) is 3.25. The molecule has 7 heteroatoms. The second-order valence-corrected chi connectivity index (χ2v) is 6.04. The fraction of sp³-hybridized carbons (Fsp3) is 0.429. The Morgan fingerprint density at radius 2 is 2.10 bits per heavy atom. The molecule has 0 saturated carbocycles. The summed E-state index contributed by atoms with van der Waals surface area (Å²) < 4.78 is 13.6. The summed E-state index contributed by atoms with van der Waals surface area (Å²) in [5.74, 6) is 0. The van der Waals surface area contributed by atoms with Crippen molar-refractivity contribution in [1.29, 1.82) is 0 Å². The molecule has 1 aromatic carbocycles. The van der Waals surface area contributed by atoms with Gasteiger partial charge in [-0.25, -0.2) is 0 Å². The second kappa shape index (κ2) is 6.55. The predicted octanol–water partition coefficient (Wildman–Crippen LogP) is 1.70. The van der Waals surface area contributed by atoms with E-state index in [1.165, 1.54) is 11.3 Å². The van der Waals surface area contributed by atoms with Crippen LogP contribution >= 0.6 is 23.6 Å². The smallest absolute Gasteiger partial charge is 0.308 e. The van der Waals surface area contributed by atoms with Gasteiger partial charge in [-0.05, 0) is 24.4 Å². The zero-order valence-corrected chi connectivity index (χ0v) is 13.1. The predicted molar refractivity (Wildman–Crippen MR) is 87.0 cm³/mol. The van der Waals surface area contributed by atoms with Crippen molar-refractivity contribution >= 4 is 38.9 Å². The highest BCUT2D eigenvalue weighted by Gasteiger charge is 2.15. The monoisotopic (exact) mass is 324 g/mol. The number of thiazole rings is 1. The van der Waals surface area contributed by atoms with Gasteiger partial charge < -0.3 is 14.4 Å². The Morgan fingerprint density at radius 3 is 2.90 bits per heavy atom. The Kier molecular flexibility index (Phi) is 4.52. The van der Waals surface area contributed by atoms with E-state index in [-0.39, 0.29) is 4.87 Å². The number of hydrogen-bond acceptors (Lipinski definition) is 5. The first kappa shape index (κ1) is 14.5. The lowest BCUT2D eigenvalue weighted by atomic mass is 10.3. The van der Waals surface area contributed by atoms with Crippen LogP contribution < -0.4 is 4.87 Å². The molecule has 3 rings (SSSR count). The van der Waals surface area contributed by atoms with Crippen LogP contribution in [0.4, 0.5) is 0 Å². The van der Waals surface area contributed by atoms with Crippen molar-refractivity contribution < 1.29 is 9.47 Å². The fourth-order valence-corrected chi connectivity index (χ4v) is 3.47. The summed E-state index contributed by atoms with van der Waals surface area (Å²) in [5, 5.41) is 0.492. The van der Waals surface area contributed by atoms with E-state index >= 15 is 0 Å². The maximum atomic E-state index is 12.0. The normalized spacial score (nSPS) is 15.3. The van der Waals surface area contributed by atoms with Gasteiger partial charge in [0.1, 0.15) is 6.61 Å². The van der Waals surface area contributed by atoms with Gasteiger partial charge in [0.05, 0.1) is 30.0 Å². The van der Waals surface area contributed by atoms with E-state index in [1.54, 1.807) is 4.57 Å². The van der Waals surface area contributed by atoms with E-state index in [9.17, 15) is 4.79 Å². The van der Waals surface area contributed by atoms with Crippen LogP contribution in [0, 0.1) is 0 Å². The van der Waals surface area contributed by atoms with Crippen LogP contribution in [0.5, 0.6) is 0 Å². The van der Waals surface area contributed by atoms with Gasteiger partial charge in [0.15, 0.2) is 0 Å². The number of aromatic nitrogens is 1. The SMILES string of the molecule is O=c1sc2ccccc2n1CCOC(=S)N1CCOCC1.